The second-order valence-electron chi connectivity index (χ2n) is 8.16. The lowest BCUT2D eigenvalue weighted by molar-refractivity contribution is -0.687. The Morgan fingerprint density at radius 3 is 2.86 bits per heavy atom. The van der Waals surface area contributed by atoms with Crippen molar-refractivity contribution in [2.45, 2.75) is 24.9 Å². The fourth-order valence-corrected chi connectivity index (χ4v) is 6.20. The molecule has 1 saturated heterocycles. The molecular weight excluding hydrogens is 518 g/mol. The Bertz CT molecular complexity index is 1450. The average Bonchev–Trinajstić information content (AvgIpc) is 3.36. The zero-order chi connectivity index (χ0) is 26.1. The summed E-state index contributed by atoms with van der Waals surface area (Å²) in [6.45, 7) is 2.25. The van der Waals surface area contributed by atoms with Gasteiger partial charge >= 0.3 is 5.97 Å². The molecule has 0 radical (unpaired) electrons. The number of carbonyl (C=O) groups is 3. The van der Waals surface area contributed by atoms with Crippen molar-refractivity contribution < 1.29 is 28.9 Å². The molecule has 3 aromatic heterocycles. The molecule has 2 aliphatic rings. The average molecular weight is 541 g/mol. The number of aliphatic carboxylic acids is 1. The van der Waals surface area contributed by atoms with Crippen LogP contribution in [0.25, 0.3) is 10.1 Å². The molecule has 1 fully saturated rings. The van der Waals surface area contributed by atoms with Crippen LogP contribution >= 0.6 is 23.1 Å². The number of carboxylic acid groups (broad SMARTS) is 1. The van der Waals surface area contributed by atoms with Gasteiger partial charge in [0.1, 0.15) is 23.7 Å². The molecule has 2 atom stereocenters. The molecule has 3 aromatic rings. The van der Waals surface area contributed by atoms with Crippen LogP contribution in [0.2, 0.25) is 0 Å². The number of aromatic nitrogens is 3. The van der Waals surface area contributed by atoms with Crippen LogP contribution in [0.3, 0.4) is 0 Å². The fraction of sp³-hybridized carbons (Fsp3) is 0.261. The molecule has 5 heterocycles. The number of rotatable bonds is 8. The van der Waals surface area contributed by atoms with Gasteiger partial charge in [0.15, 0.2) is 24.7 Å². The van der Waals surface area contributed by atoms with Crippen molar-refractivity contribution in [3.05, 3.63) is 59.1 Å². The van der Waals surface area contributed by atoms with Gasteiger partial charge < -0.3 is 21.0 Å². The highest BCUT2D eigenvalue weighted by Gasteiger charge is 2.54. The first kappa shape index (κ1) is 24.6. The predicted octanol–water partition coefficient (Wildman–Crippen LogP) is 0.740. The topological polar surface area (TPSA) is 164 Å². The molecule has 0 saturated carbocycles. The second kappa shape index (κ2) is 10.1. The van der Waals surface area contributed by atoms with E-state index in [0.29, 0.717) is 17.9 Å². The Hall–Kier alpha value is -4.04. The van der Waals surface area contributed by atoms with Gasteiger partial charge in [-0.3, -0.25) is 14.5 Å². The van der Waals surface area contributed by atoms with Crippen LogP contribution in [0.15, 0.2) is 58.7 Å². The molecule has 2 aliphatic heterocycles. The number of pyridine rings is 1. The molecular formula is C23H22N7O5S2+. The van der Waals surface area contributed by atoms with Crippen molar-refractivity contribution >= 4 is 62.6 Å². The van der Waals surface area contributed by atoms with Crippen LogP contribution in [-0.4, -0.2) is 67.2 Å². The van der Waals surface area contributed by atoms with E-state index >= 15 is 0 Å². The maximum absolute atomic E-state index is 13.1. The van der Waals surface area contributed by atoms with Crippen molar-refractivity contribution in [2.24, 2.45) is 5.16 Å². The lowest BCUT2D eigenvalue weighted by atomic mass is 10.0. The first-order valence-corrected chi connectivity index (χ1v) is 13.1. The van der Waals surface area contributed by atoms with E-state index in [4.69, 9.17) is 10.6 Å². The van der Waals surface area contributed by atoms with Crippen molar-refractivity contribution in [2.75, 3.05) is 18.1 Å². The minimum absolute atomic E-state index is 0.0283. The predicted molar refractivity (Wildman–Crippen MR) is 136 cm³/mol. The number of oxime groups is 1. The number of nitrogens with one attached hydrogen (secondary N) is 1. The first-order valence-electron chi connectivity index (χ1n) is 11.2. The third-order valence-corrected chi connectivity index (χ3v) is 8.04. The second-order valence-corrected chi connectivity index (χ2v) is 10.2. The number of β-lactam (4-membered cyclic amide) rings is 1. The monoisotopic (exact) mass is 540 g/mol. The number of thiophene rings is 1. The van der Waals surface area contributed by atoms with Crippen LogP contribution in [0.1, 0.15) is 12.5 Å². The SMILES string of the molecule is CCO/N=C(/C(=O)NC1C(=O)N2C(C(=O)O)=C(C[n+]3ccc4sccc4c3)CS[C@H]12)c1cnc(N)nc1. The lowest BCUT2D eigenvalue weighted by Gasteiger charge is -2.49. The summed E-state index contributed by atoms with van der Waals surface area (Å²) in [6, 6.07) is 3.05. The summed E-state index contributed by atoms with van der Waals surface area (Å²) in [4.78, 5) is 52.4. The summed E-state index contributed by atoms with van der Waals surface area (Å²) in [6.07, 6.45) is 6.50. The quantitative estimate of drug-likeness (QED) is 0.162. The van der Waals surface area contributed by atoms with E-state index in [-0.39, 0.29) is 29.5 Å². The minimum Gasteiger partial charge on any atom is -0.477 e. The van der Waals surface area contributed by atoms with Crippen LogP contribution in [0.4, 0.5) is 5.95 Å². The Labute approximate surface area is 218 Å². The van der Waals surface area contributed by atoms with Crippen molar-refractivity contribution in [3.63, 3.8) is 0 Å². The van der Waals surface area contributed by atoms with Gasteiger partial charge in [-0.15, -0.1) is 23.1 Å². The normalized spacial score (nSPS) is 19.4. The van der Waals surface area contributed by atoms with Gasteiger partial charge in [-0.2, -0.15) is 0 Å². The molecule has 0 aromatic carbocycles. The number of thioether (sulfide) groups is 1. The highest BCUT2D eigenvalue weighted by Crippen LogP contribution is 2.40. The van der Waals surface area contributed by atoms with Crippen LogP contribution in [-0.2, 0) is 25.8 Å². The van der Waals surface area contributed by atoms with Gasteiger partial charge in [0, 0.05) is 40.0 Å². The molecule has 37 heavy (non-hydrogen) atoms. The number of carbonyl (C=O) groups excluding carboxylic acids is 2. The molecule has 5 rings (SSSR count). The van der Waals surface area contributed by atoms with Gasteiger partial charge in [-0.1, -0.05) is 5.16 Å². The van der Waals surface area contributed by atoms with Gasteiger partial charge in [0.2, 0.25) is 5.95 Å². The standard InChI is InChI=1S/C23H21N7O5S2/c1-2-35-28-16(13-7-25-23(24)26-8-13)19(31)27-17-20(32)30-18(22(33)34)14(11-37-21(17)30)10-29-5-3-15-12(9-29)4-6-36-15/h3-9,17,21H,2,10-11H2,1H3,(H3-,24,25,26,27,28,31,33,34)/p+1/t17?,21-/m1/s1. The Morgan fingerprint density at radius 1 is 1.35 bits per heavy atom. The Kier molecular flexibility index (Phi) is 6.76. The summed E-state index contributed by atoms with van der Waals surface area (Å²) in [5.41, 5.74) is 6.22. The van der Waals surface area contributed by atoms with E-state index < -0.39 is 29.2 Å². The van der Waals surface area contributed by atoms with Gasteiger partial charge in [-0.05, 0) is 18.4 Å². The van der Waals surface area contributed by atoms with E-state index in [2.05, 4.69) is 20.4 Å². The van der Waals surface area contributed by atoms with Crippen LogP contribution in [0.5, 0.6) is 0 Å². The third-order valence-electron chi connectivity index (χ3n) is 5.80. The number of amides is 2. The summed E-state index contributed by atoms with van der Waals surface area (Å²) in [5.74, 6) is -1.95. The number of nitrogens with zero attached hydrogens (tertiary/aromatic N) is 5. The number of nitrogen functional groups attached to an aromatic ring is 1. The van der Waals surface area contributed by atoms with E-state index in [1.54, 1.807) is 18.3 Å². The maximum Gasteiger partial charge on any atom is 0.352 e. The maximum atomic E-state index is 13.1. The van der Waals surface area contributed by atoms with Gasteiger partial charge in [0.05, 0.1) is 5.39 Å². The zero-order valence-electron chi connectivity index (χ0n) is 19.5. The van der Waals surface area contributed by atoms with Gasteiger partial charge in [0.25, 0.3) is 11.8 Å². The molecule has 4 N–H and O–H groups in total. The molecule has 0 aliphatic carbocycles. The number of hydrogen-bond acceptors (Lipinski definition) is 10. The molecule has 190 valence electrons. The van der Waals surface area contributed by atoms with Crippen molar-refractivity contribution in [3.8, 4) is 0 Å². The molecule has 0 spiro atoms. The van der Waals surface area contributed by atoms with Crippen molar-refractivity contribution in [1.29, 1.82) is 0 Å². The summed E-state index contributed by atoms with van der Waals surface area (Å²) >= 11 is 3.02. The zero-order valence-corrected chi connectivity index (χ0v) is 21.2. The number of fused-ring (bicyclic) bond motifs is 2. The fourth-order valence-electron chi connectivity index (χ4n) is 4.11. The Balaban J connectivity index is 1.35. The Morgan fingerprint density at radius 2 is 2.14 bits per heavy atom. The number of anilines is 1. The van der Waals surface area contributed by atoms with E-state index in [1.807, 2.05) is 34.5 Å². The molecule has 0 bridgehead atoms. The number of hydrogen-bond donors (Lipinski definition) is 3. The lowest BCUT2D eigenvalue weighted by Crippen LogP contribution is -2.71. The highest BCUT2D eigenvalue weighted by molar-refractivity contribution is 8.00. The summed E-state index contributed by atoms with van der Waals surface area (Å²) < 4.78 is 3.04. The minimum atomic E-state index is -1.19. The summed E-state index contributed by atoms with van der Waals surface area (Å²) in [7, 11) is 0. The molecule has 12 nitrogen and oxygen atoms in total. The third kappa shape index (κ3) is 4.72. The van der Waals surface area contributed by atoms with E-state index in [9.17, 15) is 19.5 Å². The summed E-state index contributed by atoms with van der Waals surface area (Å²) in [5, 5.41) is 19.0. The smallest absolute Gasteiger partial charge is 0.352 e. The molecule has 14 heteroatoms. The van der Waals surface area contributed by atoms with Crippen LogP contribution < -0.4 is 15.6 Å². The van der Waals surface area contributed by atoms with E-state index in [1.165, 1.54) is 29.1 Å². The van der Waals surface area contributed by atoms with Crippen molar-refractivity contribution in [1.82, 2.24) is 20.2 Å². The molecule has 1 unspecified atom stereocenters. The molecule has 2 amide bonds. The van der Waals surface area contributed by atoms with Crippen LogP contribution in [0, 0.1) is 0 Å². The van der Waals surface area contributed by atoms with Gasteiger partial charge in [-0.25, -0.2) is 19.3 Å². The highest BCUT2D eigenvalue weighted by atomic mass is 32.2. The number of nitrogens with two attached hydrogens (primary N) is 1. The largest absolute Gasteiger partial charge is 0.477 e. The first-order chi connectivity index (χ1) is 17.9. The number of carboxylic acids is 1. The van der Waals surface area contributed by atoms with E-state index in [0.717, 1.165) is 10.1 Å².